The van der Waals surface area contributed by atoms with Gasteiger partial charge in [-0.1, -0.05) is 0 Å². The van der Waals surface area contributed by atoms with Gasteiger partial charge in [0.25, 0.3) is 5.91 Å². The van der Waals surface area contributed by atoms with Crippen LogP contribution in [0.3, 0.4) is 0 Å². The summed E-state index contributed by atoms with van der Waals surface area (Å²) < 4.78 is 32.8. The highest BCUT2D eigenvalue weighted by atomic mass is 32.2. The molecule has 1 aromatic carbocycles. The molecule has 0 aliphatic carbocycles. The second kappa shape index (κ2) is 11.3. The van der Waals surface area contributed by atoms with Crippen LogP contribution in [-0.4, -0.2) is 61.8 Å². The molecule has 11 heteroatoms. The minimum Gasteiger partial charge on any atom is -0.466 e. The molecule has 2 aliphatic rings. The van der Waals surface area contributed by atoms with E-state index < -0.39 is 21.8 Å². The summed E-state index contributed by atoms with van der Waals surface area (Å²) in [4.78, 5) is 28.6. The molecule has 1 atom stereocenters. The lowest BCUT2D eigenvalue weighted by Crippen LogP contribution is -2.42. The molecule has 0 radical (unpaired) electrons. The van der Waals surface area contributed by atoms with E-state index in [0.717, 1.165) is 30.0 Å². The smallest absolute Gasteiger partial charge is 0.310 e. The summed E-state index contributed by atoms with van der Waals surface area (Å²) in [6.45, 7) is 8.29. The number of hydrogen-bond donors (Lipinski definition) is 1. The zero-order valence-corrected chi connectivity index (χ0v) is 23.0. The predicted molar refractivity (Wildman–Crippen MR) is 141 cm³/mol. The molecule has 0 bridgehead atoms. The molecule has 1 aromatic heterocycles. The molecular formula is C26H32N4O5S2. The van der Waals surface area contributed by atoms with Crippen LogP contribution in [0.4, 0.5) is 5.00 Å². The lowest BCUT2D eigenvalue weighted by molar-refractivity contribution is -0.149. The van der Waals surface area contributed by atoms with Crippen molar-refractivity contribution in [1.82, 2.24) is 9.21 Å². The van der Waals surface area contributed by atoms with Crippen LogP contribution in [0, 0.1) is 17.2 Å². The van der Waals surface area contributed by atoms with Gasteiger partial charge in [0.2, 0.25) is 10.0 Å². The number of piperidine rings is 1. The number of sulfonamides is 1. The minimum absolute atomic E-state index is 0.0617. The summed E-state index contributed by atoms with van der Waals surface area (Å²) in [5, 5.41) is 13.1. The Balaban J connectivity index is 1.47. The zero-order chi connectivity index (χ0) is 26.7. The Morgan fingerprint density at radius 3 is 2.62 bits per heavy atom. The van der Waals surface area contributed by atoms with Crippen molar-refractivity contribution in [2.24, 2.45) is 5.92 Å². The SMILES string of the molecule is CCOC(=O)C1CCCN(S(=O)(=O)c2ccc(C(=O)Nc3sc4c(c3C#N)CCN(C(C)C)C4)cc2)C1. The number of anilines is 1. The van der Waals surface area contributed by atoms with Gasteiger partial charge in [-0.15, -0.1) is 11.3 Å². The van der Waals surface area contributed by atoms with Gasteiger partial charge in [-0.3, -0.25) is 14.5 Å². The number of benzene rings is 1. The number of nitrogens with one attached hydrogen (secondary N) is 1. The van der Waals surface area contributed by atoms with Crippen molar-refractivity contribution in [2.75, 3.05) is 31.6 Å². The third-order valence-electron chi connectivity index (χ3n) is 6.91. The maximum atomic E-state index is 13.2. The van der Waals surface area contributed by atoms with Gasteiger partial charge >= 0.3 is 5.97 Å². The molecule has 1 N–H and O–H groups in total. The fraction of sp³-hybridized carbons (Fsp3) is 0.500. The summed E-state index contributed by atoms with van der Waals surface area (Å²) in [6.07, 6.45) is 1.93. The third-order valence-corrected chi connectivity index (χ3v) is 9.93. The predicted octanol–water partition coefficient (Wildman–Crippen LogP) is 3.60. The normalized spacial score (nSPS) is 18.7. The second-order valence-corrected chi connectivity index (χ2v) is 12.6. The fourth-order valence-corrected chi connectivity index (χ4v) is 7.53. The highest BCUT2D eigenvalue weighted by molar-refractivity contribution is 7.89. The summed E-state index contributed by atoms with van der Waals surface area (Å²) in [6, 6.07) is 8.39. The van der Waals surface area contributed by atoms with E-state index in [9.17, 15) is 23.3 Å². The molecular weight excluding hydrogens is 512 g/mol. The Labute approximate surface area is 222 Å². The largest absolute Gasteiger partial charge is 0.466 e. The Morgan fingerprint density at radius 2 is 1.97 bits per heavy atom. The molecule has 4 rings (SSSR count). The number of esters is 1. The summed E-state index contributed by atoms with van der Waals surface area (Å²) in [5.74, 6) is -1.26. The van der Waals surface area contributed by atoms with Crippen LogP contribution in [0.15, 0.2) is 29.2 Å². The van der Waals surface area contributed by atoms with Crippen LogP contribution in [0.25, 0.3) is 0 Å². The molecule has 0 spiro atoms. The Hall–Kier alpha value is -2.78. The molecule has 0 saturated carbocycles. The molecule has 198 valence electrons. The molecule has 2 aliphatic heterocycles. The summed E-state index contributed by atoms with van der Waals surface area (Å²) >= 11 is 1.43. The van der Waals surface area contributed by atoms with E-state index in [1.807, 2.05) is 0 Å². The van der Waals surface area contributed by atoms with Crippen LogP contribution < -0.4 is 5.32 Å². The number of rotatable bonds is 7. The third kappa shape index (κ3) is 5.72. The average molecular weight is 545 g/mol. The van der Waals surface area contributed by atoms with Crippen molar-refractivity contribution in [3.05, 3.63) is 45.8 Å². The lowest BCUT2D eigenvalue weighted by Gasteiger charge is -2.30. The standard InChI is InChI=1S/C26H32N4O5S2/c1-4-35-26(32)19-6-5-12-30(15-19)37(33,34)20-9-7-18(8-10-20)24(31)28-25-22(14-27)21-11-13-29(17(2)3)16-23(21)36-25/h7-10,17,19H,4-6,11-13,15-16H2,1-3H3,(H,28,31). The number of carbonyl (C=O) groups excluding carboxylic acids is 2. The van der Waals surface area contributed by atoms with Gasteiger partial charge in [0.1, 0.15) is 11.1 Å². The molecule has 2 aromatic rings. The number of carbonyl (C=O) groups is 2. The first-order valence-corrected chi connectivity index (χ1v) is 14.8. The van der Waals surface area contributed by atoms with Crippen LogP contribution in [0.2, 0.25) is 0 Å². The number of ether oxygens (including phenoxy) is 1. The van der Waals surface area contributed by atoms with E-state index >= 15 is 0 Å². The number of amides is 1. The number of fused-ring (bicyclic) bond motifs is 1. The molecule has 1 saturated heterocycles. The molecule has 1 unspecified atom stereocenters. The maximum absolute atomic E-state index is 13.2. The maximum Gasteiger partial charge on any atom is 0.310 e. The van der Waals surface area contributed by atoms with Gasteiger partial charge in [-0.2, -0.15) is 9.57 Å². The summed E-state index contributed by atoms with van der Waals surface area (Å²) in [5.41, 5.74) is 1.81. The van der Waals surface area contributed by atoms with Crippen molar-refractivity contribution < 1.29 is 22.7 Å². The van der Waals surface area contributed by atoms with E-state index in [1.54, 1.807) is 6.92 Å². The quantitative estimate of drug-likeness (QED) is 0.529. The Kier molecular flexibility index (Phi) is 8.33. The van der Waals surface area contributed by atoms with Crippen molar-refractivity contribution in [3.63, 3.8) is 0 Å². The number of nitriles is 1. The Bertz CT molecular complexity index is 1310. The van der Waals surface area contributed by atoms with Gasteiger partial charge in [-0.05, 0) is 69.9 Å². The van der Waals surface area contributed by atoms with Crippen LogP contribution >= 0.6 is 11.3 Å². The van der Waals surface area contributed by atoms with E-state index in [1.165, 1.54) is 39.9 Å². The topological polar surface area (TPSA) is 120 Å². The van der Waals surface area contributed by atoms with Crippen LogP contribution in [0.1, 0.15) is 60.0 Å². The monoisotopic (exact) mass is 544 g/mol. The van der Waals surface area contributed by atoms with Crippen molar-refractivity contribution in [3.8, 4) is 6.07 Å². The fourth-order valence-electron chi connectivity index (χ4n) is 4.79. The van der Waals surface area contributed by atoms with E-state index in [2.05, 4.69) is 30.1 Å². The van der Waals surface area contributed by atoms with Gasteiger partial charge in [0, 0.05) is 42.7 Å². The van der Waals surface area contributed by atoms with Crippen molar-refractivity contribution in [2.45, 2.75) is 57.5 Å². The van der Waals surface area contributed by atoms with Gasteiger partial charge in [0.15, 0.2) is 0 Å². The molecule has 9 nitrogen and oxygen atoms in total. The Morgan fingerprint density at radius 1 is 1.24 bits per heavy atom. The van der Waals surface area contributed by atoms with Crippen LogP contribution in [0.5, 0.6) is 0 Å². The van der Waals surface area contributed by atoms with E-state index in [0.29, 0.717) is 41.6 Å². The van der Waals surface area contributed by atoms with Gasteiger partial charge in [0.05, 0.1) is 23.0 Å². The first kappa shape index (κ1) is 27.3. The van der Waals surface area contributed by atoms with Gasteiger partial charge in [-0.25, -0.2) is 8.42 Å². The highest BCUT2D eigenvalue weighted by Crippen LogP contribution is 2.37. The van der Waals surface area contributed by atoms with Crippen molar-refractivity contribution >= 4 is 38.2 Å². The molecule has 37 heavy (non-hydrogen) atoms. The minimum atomic E-state index is -3.82. The molecule has 1 fully saturated rings. The lowest BCUT2D eigenvalue weighted by atomic mass is 10.0. The zero-order valence-electron chi connectivity index (χ0n) is 21.3. The molecule has 3 heterocycles. The first-order valence-electron chi connectivity index (χ1n) is 12.5. The number of hydrogen-bond acceptors (Lipinski definition) is 8. The van der Waals surface area contributed by atoms with E-state index in [4.69, 9.17) is 4.74 Å². The number of thiophene rings is 1. The first-order chi connectivity index (χ1) is 17.6. The molecule has 1 amide bonds. The highest BCUT2D eigenvalue weighted by Gasteiger charge is 2.34. The van der Waals surface area contributed by atoms with E-state index in [-0.39, 0.29) is 24.0 Å². The average Bonchev–Trinajstić information content (AvgIpc) is 3.24. The second-order valence-electron chi connectivity index (χ2n) is 9.57. The van der Waals surface area contributed by atoms with Crippen molar-refractivity contribution in [1.29, 1.82) is 5.26 Å². The summed E-state index contributed by atoms with van der Waals surface area (Å²) in [7, 11) is -3.82. The van der Waals surface area contributed by atoms with Gasteiger partial charge < -0.3 is 10.1 Å². The van der Waals surface area contributed by atoms with Crippen LogP contribution in [-0.2, 0) is 32.5 Å². The number of nitrogens with zero attached hydrogens (tertiary/aromatic N) is 3.